The van der Waals surface area contributed by atoms with Crippen molar-refractivity contribution in [2.24, 2.45) is 5.92 Å². The number of carbonyl (C=O) groups is 1. The molecule has 0 saturated heterocycles. The van der Waals surface area contributed by atoms with Crippen molar-refractivity contribution in [3.63, 3.8) is 0 Å². The van der Waals surface area contributed by atoms with Gasteiger partial charge in [0, 0.05) is 24.2 Å². The summed E-state index contributed by atoms with van der Waals surface area (Å²) in [5.74, 6) is 0.826. The van der Waals surface area contributed by atoms with Gasteiger partial charge in [0.05, 0.1) is 6.10 Å². The van der Waals surface area contributed by atoms with Crippen molar-refractivity contribution in [2.45, 2.75) is 25.9 Å². The summed E-state index contributed by atoms with van der Waals surface area (Å²) in [7, 11) is 1.68. The molecule has 1 unspecified atom stereocenters. The molecule has 0 aliphatic heterocycles. The van der Waals surface area contributed by atoms with Gasteiger partial charge in [0.2, 0.25) is 0 Å². The zero-order chi connectivity index (χ0) is 14.7. The molecule has 0 radical (unpaired) electrons. The molecule has 1 N–H and O–H groups in total. The molecular formula is C15H20ClNO3. The number of likely N-dealkylation sites (N-methyl/N-ethyl adjacent to an activating group) is 1. The Morgan fingerprint density at radius 3 is 2.90 bits per heavy atom. The highest BCUT2D eigenvalue weighted by molar-refractivity contribution is 6.31. The highest BCUT2D eigenvalue weighted by Gasteiger charge is 2.31. The van der Waals surface area contributed by atoms with E-state index in [1.54, 1.807) is 25.2 Å². The van der Waals surface area contributed by atoms with E-state index in [0.717, 1.165) is 18.4 Å². The van der Waals surface area contributed by atoms with Crippen LogP contribution >= 0.6 is 11.6 Å². The lowest BCUT2D eigenvalue weighted by Crippen LogP contribution is -2.38. The average molecular weight is 298 g/mol. The molecule has 1 saturated carbocycles. The van der Waals surface area contributed by atoms with Crippen molar-refractivity contribution in [1.29, 1.82) is 0 Å². The summed E-state index contributed by atoms with van der Waals surface area (Å²) in [6, 6.07) is 5.35. The molecule has 0 spiro atoms. The zero-order valence-electron chi connectivity index (χ0n) is 11.8. The Hall–Kier alpha value is -1.26. The number of hydrogen-bond acceptors (Lipinski definition) is 3. The molecule has 1 atom stereocenters. The van der Waals surface area contributed by atoms with E-state index < -0.39 is 6.10 Å². The van der Waals surface area contributed by atoms with E-state index in [1.807, 2.05) is 6.92 Å². The number of halogens is 1. The number of aliphatic hydroxyl groups is 1. The predicted octanol–water partition coefficient (Wildman–Crippen LogP) is 2.26. The Kier molecular flexibility index (Phi) is 4.89. The highest BCUT2D eigenvalue weighted by Crippen LogP contribution is 2.32. The first-order valence-corrected chi connectivity index (χ1v) is 7.16. The number of nitrogens with zero attached hydrogens (tertiary/aromatic N) is 1. The van der Waals surface area contributed by atoms with Gasteiger partial charge in [-0.05, 0) is 37.8 Å². The monoisotopic (exact) mass is 297 g/mol. The van der Waals surface area contributed by atoms with Gasteiger partial charge in [-0.1, -0.05) is 17.7 Å². The molecule has 1 fully saturated rings. The topological polar surface area (TPSA) is 49.8 Å². The molecule has 5 heteroatoms. The third-order valence-electron chi connectivity index (χ3n) is 3.62. The third-order valence-corrected chi connectivity index (χ3v) is 4.03. The minimum Gasteiger partial charge on any atom is -0.483 e. The number of hydrogen-bond donors (Lipinski definition) is 1. The Balaban J connectivity index is 1.83. The Morgan fingerprint density at radius 2 is 2.25 bits per heavy atom. The second kappa shape index (κ2) is 6.46. The maximum Gasteiger partial charge on any atom is 0.260 e. The van der Waals surface area contributed by atoms with Crippen LogP contribution in [0.5, 0.6) is 5.75 Å². The van der Waals surface area contributed by atoms with Crippen LogP contribution in [0, 0.1) is 12.8 Å². The third kappa shape index (κ3) is 3.87. The Bertz CT molecular complexity index is 488. The molecule has 0 heterocycles. The van der Waals surface area contributed by atoms with E-state index in [1.165, 1.54) is 4.90 Å². The number of carbonyl (C=O) groups excluding carboxylic acids is 1. The van der Waals surface area contributed by atoms with Crippen LogP contribution < -0.4 is 4.74 Å². The lowest BCUT2D eigenvalue weighted by molar-refractivity contribution is -0.133. The molecule has 2 rings (SSSR count). The number of aliphatic hydroxyl groups excluding tert-OH is 1. The molecule has 1 amide bonds. The van der Waals surface area contributed by atoms with E-state index in [9.17, 15) is 9.90 Å². The van der Waals surface area contributed by atoms with Gasteiger partial charge in [-0.2, -0.15) is 0 Å². The van der Waals surface area contributed by atoms with Gasteiger partial charge in [-0.3, -0.25) is 4.79 Å². The fourth-order valence-electron chi connectivity index (χ4n) is 2.01. The minimum atomic E-state index is -0.420. The molecule has 1 aromatic carbocycles. The summed E-state index contributed by atoms with van der Waals surface area (Å²) in [5, 5.41) is 10.4. The molecule has 110 valence electrons. The average Bonchev–Trinajstić information content (AvgIpc) is 3.24. The lowest BCUT2D eigenvalue weighted by atomic mass is 10.2. The summed E-state index contributed by atoms with van der Waals surface area (Å²) in [6.45, 7) is 2.17. The minimum absolute atomic E-state index is 0.0466. The molecule has 1 aromatic rings. The SMILES string of the molecule is Cc1c(Cl)cccc1OCC(=O)N(C)CC(O)C1CC1. The van der Waals surface area contributed by atoms with E-state index in [0.29, 0.717) is 23.2 Å². The van der Waals surface area contributed by atoms with Crippen LogP contribution in [-0.2, 0) is 4.79 Å². The standard InChI is InChI=1S/C15H20ClNO3/c1-10-12(16)4-3-5-14(10)20-9-15(19)17(2)8-13(18)11-6-7-11/h3-5,11,13,18H,6-9H2,1-2H3. The van der Waals surface area contributed by atoms with Crippen molar-refractivity contribution >= 4 is 17.5 Å². The zero-order valence-corrected chi connectivity index (χ0v) is 12.6. The van der Waals surface area contributed by atoms with Gasteiger partial charge in [-0.15, -0.1) is 0 Å². The Morgan fingerprint density at radius 1 is 1.55 bits per heavy atom. The van der Waals surface area contributed by atoms with Crippen molar-refractivity contribution in [3.05, 3.63) is 28.8 Å². The second-order valence-electron chi connectivity index (χ2n) is 5.33. The summed E-state index contributed by atoms with van der Waals surface area (Å²) < 4.78 is 5.50. The van der Waals surface area contributed by atoms with Gasteiger partial charge in [-0.25, -0.2) is 0 Å². The van der Waals surface area contributed by atoms with Gasteiger partial charge in [0.15, 0.2) is 6.61 Å². The molecule has 0 bridgehead atoms. The van der Waals surface area contributed by atoms with Crippen LogP contribution in [0.15, 0.2) is 18.2 Å². The van der Waals surface area contributed by atoms with E-state index in [4.69, 9.17) is 16.3 Å². The maximum absolute atomic E-state index is 11.9. The fourth-order valence-corrected chi connectivity index (χ4v) is 2.17. The normalized spacial score (nSPS) is 15.8. The molecular weight excluding hydrogens is 278 g/mol. The highest BCUT2D eigenvalue weighted by atomic mass is 35.5. The van der Waals surface area contributed by atoms with E-state index in [2.05, 4.69) is 0 Å². The van der Waals surface area contributed by atoms with E-state index in [-0.39, 0.29) is 12.5 Å². The first kappa shape index (κ1) is 15.1. The largest absolute Gasteiger partial charge is 0.483 e. The smallest absolute Gasteiger partial charge is 0.260 e. The first-order valence-electron chi connectivity index (χ1n) is 6.79. The summed E-state index contributed by atoms with van der Waals surface area (Å²) >= 11 is 5.99. The van der Waals surface area contributed by atoms with Crippen LogP contribution in [0.25, 0.3) is 0 Å². The van der Waals surface area contributed by atoms with Crippen molar-refractivity contribution < 1.29 is 14.6 Å². The van der Waals surface area contributed by atoms with Crippen LogP contribution in [0.2, 0.25) is 5.02 Å². The van der Waals surface area contributed by atoms with Gasteiger partial charge < -0.3 is 14.7 Å². The fraction of sp³-hybridized carbons (Fsp3) is 0.533. The summed E-state index contributed by atoms with van der Waals surface area (Å²) in [4.78, 5) is 13.5. The second-order valence-corrected chi connectivity index (χ2v) is 5.74. The quantitative estimate of drug-likeness (QED) is 0.876. The van der Waals surface area contributed by atoms with Crippen molar-refractivity contribution in [2.75, 3.05) is 20.2 Å². The van der Waals surface area contributed by atoms with Crippen LogP contribution in [0.3, 0.4) is 0 Å². The summed E-state index contributed by atoms with van der Waals surface area (Å²) in [6.07, 6.45) is 1.69. The van der Waals surface area contributed by atoms with Crippen LogP contribution in [0.1, 0.15) is 18.4 Å². The van der Waals surface area contributed by atoms with Gasteiger partial charge in [0.25, 0.3) is 5.91 Å². The number of ether oxygens (including phenoxy) is 1. The number of amides is 1. The van der Waals surface area contributed by atoms with Crippen LogP contribution in [-0.4, -0.2) is 42.2 Å². The van der Waals surface area contributed by atoms with Crippen molar-refractivity contribution in [1.82, 2.24) is 4.90 Å². The van der Waals surface area contributed by atoms with Crippen molar-refractivity contribution in [3.8, 4) is 5.75 Å². The maximum atomic E-state index is 11.9. The Labute approximate surface area is 124 Å². The number of rotatable bonds is 6. The van der Waals surface area contributed by atoms with Gasteiger partial charge in [0.1, 0.15) is 5.75 Å². The lowest BCUT2D eigenvalue weighted by Gasteiger charge is -2.21. The molecule has 20 heavy (non-hydrogen) atoms. The van der Waals surface area contributed by atoms with Crippen LogP contribution in [0.4, 0.5) is 0 Å². The predicted molar refractivity (Wildman–Crippen MR) is 78.1 cm³/mol. The first-order chi connectivity index (χ1) is 9.49. The molecule has 1 aliphatic carbocycles. The van der Waals surface area contributed by atoms with E-state index >= 15 is 0 Å². The molecule has 1 aliphatic rings. The molecule has 4 nitrogen and oxygen atoms in total. The van der Waals surface area contributed by atoms with Gasteiger partial charge >= 0.3 is 0 Å². The number of benzene rings is 1. The molecule has 0 aromatic heterocycles. The summed E-state index contributed by atoms with van der Waals surface area (Å²) in [5.41, 5.74) is 0.822.